The van der Waals surface area contributed by atoms with Crippen LogP contribution >= 0.6 is 23.2 Å². The van der Waals surface area contributed by atoms with Crippen LogP contribution in [0.4, 0.5) is 5.69 Å². The molecule has 19 heavy (non-hydrogen) atoms. The summed E-state index contributed by atoms with van der Waals surface area (Å²) < 4.78 is 0. The van der Waals surface area contributed by atoms with E-state index in [1.807, 2.05) is 0 Å². The van der Waals surface area contributed by atoms with Gasteiger partial charge in [0, 0.05) is 12.1 Å². The van der Waals surface area contributed by atoms with Crippen LogP contribution in [0, 0.1) is 0 Å². The van der Waals surface area contributed by atoms with Gasteiger partial charge >= 0.3 is 5.97 Å². The second-order valence-corrected chi connectivity index (χ2v) is 4.93. The van der Waals surface area contributed by atoms with E-state index in [4.69, 9.17) is 28.3 Å². The Labute approximate surface area is 120 Å². The van der Waals surface area contributed by atoms with E-state index in [0.717, 1.165) is 0 Å². The van der Waals surface area contributed by atoms with E-state index in [2.05, 4.69) is 10.6 Å². The third-order valence-electron chi connectivity index (χ3n) is 2.54. The molecule has 3 N–H and O–H groups in total. The van der Waals surface area contributed by atoms with Crippen LogP contribution in [0.3, 0.4) is 0 Å². The summed E-state index contributed by atoms with van der Waals surface area (Å²) in [7, 11) is 1.56. The number of carbonyl (C=O) groups is 2. The molecule has 0 aliphatic carbocycles. The second-order valence-electron chi connectivity index (χ2n) is 3.83. The molecule has 0 heterocycles. The molecule has 5 nitrogen and oxygen atoms in total. The smallest absolute Gasteiger partial charge is 0.321 e. The van der Waals surface area contributed by atoms with Crippen molar-refractivity contribution in [3.63, 3.8) is 0 Å². The Kier molecular flexibility index (Phi) is 6.08. The van der Waals surface area contributed by atoms with Crippen LogP contribution in [0.2, 0.25) is 0 Å². The molecular formula is C12H14Cl2N2O3. The van der Waals surface area contributed by atoms with E-state index in [9.17, 15) is 9.59 Å². The number of para-hydroxylation sites is 1. The minimum atomic E-state index is -1.17. The van der Waals surface area contributed by atoms with E-state index >= 15 is 0 Å². The number of rotatable bonds is 6. The molecule has 1 unspecified atom stereocenters. The fourth-order valence-electron chi connectivity index (χ4n) is 1.54. The highest BCUT2D eigenvalue weighted by molar-refractivity contribution is 6.54. The number of halogens is 2. The van der Waals surface area contributed by atoms with Gasteiger partial charge in [0.05, 0.1) is 0 Å². The highest BCUT2D eigenvalue weighted by Crippen LogP contribution is 2.18. The molecule has 0 fully saturated rings. The first kappa shape index (κ1) is 15.8. The Hall–Kier alpha value is -1.30. The van der Waals surface area contributed by atoms with Crippen molar-refractivity contribution in [2.24, 2.45) is 0 Å². The lowest BCUT2D eigenvalue weighted by molar-refractivity contribution is -0.139. The van der Waals surface area contributed by atoms with E-state index in [1.165, 1.54) is 0 Å². The zero-order valence-corrected chi connectivity index (χ0v) is 11.7. The molecule has 1 atom stereocenters. The topological polar surface area (TPSA) is 78.4 Å². The van der Waals surface area contributed by atoms with Crippen molar-refractivity contribution >= 4 is 40.8 Å². The monoisotopic (exact) mass is 304 g/mol. The van der Waals surface area contributed by atoms with Crippen molar-refractivity contribution < 1.29 is 14.7 Å². The number of hydrogen-bond acceptors (Lipinski definition) is 3. The van der Waals surface area contributed by atoms with Crippen molar-refractivity contribution in [3.8, 4) is 0 Å². The van der Waals surface area contributed by atoms with Crippen LogP contribution in [0.5, 0.6) is 0 Å². The summed E-state index contributed by atoms with van der Waals surface area (Å²) in [6.07, 6.45) is 0.234. The number of alkyl halides is 2. The molecule has 7 heteroatoms. The number of carboxylic acid groups (broad SMARTS) is 1. The van der Waals surface area contributed by atoms with Gasteiger partial charge in [-0.05, 0) is 18.7 Å². The van der Waals surface area contributed by atoms with Crippen LogP contribution in [0.15, 0.2) is 24.3 Å². The summed E-state index contributed by atoms with van der Waals surface area (Å²) in [4.78, 5) is 21.3. The fraction of sp³-hybridized carbons (Fsp3) is 0.333. The van der Waals surface area contributed by atoms with Crippen LogP contribution in [-0.4, -0.2) is 34.9 Å². The first-order valence-corrected chi connectivity index (χ1v) is 6.40. The average molecular weight is 305 g/mol. The van der Waals surface area contributed by atoms with Gasteiger partial charge < -0.3 is 15.7 Å². The number of anilines is 1. The average Bonchev–Trinajstić information content (AvgIpc) is 2.37. The fourth-order valence-corrected chi connectivity index (χ4v) is 1.65. The van der Waals surface area contributed by atoms with Gasteiger partial charge in [0.15, 0.2) is 4.84 Å². The van der Waals surface area contributed by atoms with Crippen LogP contribution in [0.1, 0.15) is 5.56 Å². The summed E-state index contributed by atoms with van der Waals surface area (Å²) >= 11 is 10.9. The number of hydrogen-bond donors (Lipinski definition) is 3. The maximum atomic E-state index is 11.4. The lowest BCUT2D eigenvalue weighted by Gasteiger charge is -2.15. The quantitative estimate of drug-likeness (QED) is 0.698. The SMILES string of the molecule is CNC(Cc1ccccc1NC(=O)C(Cl)Cl)C(=O)O. The zero-order valence-electron chi connectivity index (χ0n) is 10.2. The third-order valence-corrected chi connectivity index (χ3v) is 2.94. The Morgan fingerprint density at radius 1 is 1.32 bits per heavy atom. The predicted octanol–water partition coefficient (Wildman–Crippen LogP) is 1.64. The van der Waals surface area contributed by atoms with E-state index in [0.29, 0.717) is 11.3 Å². The Bertz CT molecular complexity index is 466. The molecule has 0 radical (unpaired) electrons. The van der Waals surface area contributed by atoms with Gasteiger partial charge in [0.25, 0.3) is 5.91 Å². The molecule has 0 spiro atoms. The standard InChI is InChI=1S/C12H14Cl2N2O3/c1-15-9(12(18)19)6-7-4-2-3-5-8(7)16-11(17)10(13)14/h2-5,9-10,15H,6H2,1H3,(H,16,17)(H,18,19). The lowest BCUT2D eigenvalue weighted by Crippen LogP contribution is -2.36. The molecule has 0 aromatic heterocycles. The highest BCUT2D eigenvalue weighted by Gasteiger charge is 2.18. The van der Waals surface area contributed by atoms with Gasteiger partial charge in [-0.3, -0.25) is 9.59 Å². The molecule has 1 amide bonds. The van der Waals surface area contributed by atoms with E-state index in [-0.39, 0.29) is 6.42 Å². The number of likely N-dealkylation sites (N-methyl/N-ethyl adjacent to an activating group) is 1. The zero-order chi connectivity index (χ0) is 14.4. The number of carbonyl (C=O) groups excluding carboxylic acids is 1. The normalized spacial score (nSPS) is 12.2. The number of amides is 1. The van der Waals surface area contributed by atoms with Crippen molar-refractivity contribution in [2.45, 2.75) is 17.3 Å². The van der Waals surface area contributed by atoms with Gasteiger partial charge in [-0.2, -0.15) is 0 Å². The summed E-state index contributed by atoms with van der Waals surface area (Å²) in [5.74, 6) is -1.51. The largest absolute Gasteiger partial charge is 0.480 e. The van der Waals surface area contributed by atoms with Gasteiger partial charge in [-0.15, -0.1) is 0 Å². The Morgan fingerprint density at radius 2 is 1.95 bits per heavy atom. The number of carboxylic acids is 1. The molecular weight excluding hydrogens is 291 g/mol. The number of benzene rings is 1. The Morgan fingerprint density at radius 3 is 2.47 bits per heavy atom. The van der Waals surface area contributed by atoms with E-state index < -0.39 is 22.8 Å². The van der Waals surface area contributed by atoms with Crippen LogP contribution in [-0.2, 0) is 16.0 Å². The number of aliphatic carboxylic acids is 1. The summed E-state index contributed by atoms with van der Waals surface area (Å²) in [5.41, 5.74) is 1.19. The van der Waals surface area contributed by atoms with Crippen molar-refractivity contribution in [1.29, 1.82) is 0 Å². The van der Waals surface area contributed by atoms with Crippen molar-refractivity contribution in [2.75, 3.05) is 12.4 Å². The molecule has 0 aliphatic rings. The molecule has 0 saturated heterocycles. The molecule has 1 aromatic carbocycles. The van der Waals surface area contributed by atoms with Crippen LogP contribution in [0.25, 0.3) is 0 Å². The molecule has 1 rings (SSSR count). The number of nitrogens with one attached hydrogen (secondary N) is 2. The van der Waals surface area contributed by atoms with Gasteiger partial charge in [-0.25, -0.2) is 0 Å². The molecule has 104 valence electrons. The maximum absolute atomic E-state index is 11.4. The van der Waals surface area contributed by atoms with E-state index in [1.54, 1.807) is 31.3 Å². The van der Waals surface area contributed by atoms with Crippen molar-refractivity contribution in [1.82, 2.24) is 5.32 Å². The summed E-state index contributed by atoms with van der Waals surface area (Å²) in [6, 6.07) is 6.16. The van der Waals surface area contributed by atoms with Gasteiger partial charge in [0.2, 0.25) is 0 Å². The van der Waals surface area contributed by atoms with Gasteiger partial charge in [-0.1, -0.05) is 41.4 Å². The minimum absolute atomic E-state index is 0.234. The molecule has 1 aromatic rings. The second kappa shape index (κ2) is 7.33. The lowest BCUT2D eigenvalue weighted by atomic mass is 10.0. The molecule has 0 saturated carbocycles. The first-order valence-electron chi connectivity index (χ1n) is 5.52. The summed E-state index contributed by atoms with van der Waals surface area (Å²) in [6.45, 7) is 0. The summed E-state index contributed by atoms with van der Waals surface area (Å²) in [5, 5.41) is 14.2. The third kappa shape index (κ3) is 4.70. The molecule has 0 aliphatic heterocycles. The van der Waals surface area contributed by atoms with Crippen LogP contribution < -0.4 is 10.6 Å². The van der Waals surface area contributed by atoms with Gasteiger partial charge in [0.1, 0.15) is 6.04 Å². The van der Waals surface area contributed by atoms with Crippen molar-refractivity contribution in [3.05, 3.63) is 29.8 Å². The Balaban J connectivity index is 2.89. The minimum Gasteiger partial charge on any atom is -0.480 e. The molecule has 0 bridgehead atoms. The predicted molar refractivity (Wildman–Crippen MR) is 74.8 cm³/mol. The highest BCUT2D eigenvalue weighted by atomic mass is 35.5. The first-order chi connectivity index (χ1) is 8.95. The maximum Gasteiger partial charge on any atom is 0.321 e.